The highest BCUT2D eigenvalue weighted by Gasteiger charge is 2.50. The number of allylic oxidation sites excluding steroid dienone is 4. The van der Waals surface area contributed by atoms with Crippen molar-refractivity contribution in [2.24, 2.45) is 10.4 Å². The Kier molecular flexibility index (Phi) is 6.79. The summed E-state index contributed by atoms with van der Waals surface area (Å²) in [6, 6.07) is 1.62. The van der Waals surface area contributed by atoms with E-state index >= 15 is 0 Å². The van der Waals surface area contributed by atoms with Crippen molar-refractivity contribution in [2.45, 2.75) is 32.6 Å². The summed E-state index contributed by atoms with van der Waals surface area (Å²) < 4.78 is 32.3. The van der Waals surface area contributed by atoms with Gasteiger partial charge in [-0.1, -0.05) is 5.73 Å². The molecule has 2 aromatic rings. The van der Waals surface area contributed by atoms with Gasteiger partial charge in [-0.3, -0.25) is 9.79 Å². The van der Waals surface area contributed by atoms with Crippen LogP contribution in [0.25, 0.3) is 11.0 Å². The van der Waals surface area contributed by atoms with Crippen molar-refractivity contribution in [3.8, 4) is 5.75 Å². The standard InChI is InChI=1S/C30H29FN4O4/c1-20-5-2-6-21-13-22(39-26-15-34-29-23(28(26)31)9-11-33-29)7-3-10-32-24(21)14-25(20)38-12-4-8-27(36)35-16-30(17-35)18-37-19-30/h2-3,9-11,14-15H,4-5,8,12-13,16-19H2,1H3,(H,33,34)/b24-14+,25-20+,32-10?. The van der Waals surface area contributed by atoms with E-state index in [0.29, 0.717) is 54.8 Å². The van der Waals surface area contributed by atoms with E-state index in [1.807, 2.05) is 24.0 Å². The molecule has 3 aliphatic heterocycles. The van der Waals surface area contributed by atoms with Gasteiger partial charge in [-0.05, 0) is 37.5 Å². The van der Waals surface area contributed by atoms with Crippen molar-refractivity contribution in [3.05, 3.63) is 82.3 Å². The molecule has 4 aliphatic rings. The maximum atomic E-state index is 14.9. The van der Waals surface area contributed by atoms with Gasteiger partial charge in [0.1, 0.15) is 11.4 Å². The predicted octanol–water partition coefficient (Wildman–Crippen LogP) is 4.89. The smallest absolute Gasteiger partial charge is 0.222 e. The van der Waals surface area contributed by atoms with E-state index in [0.717, 1.165) is 43.2 Å². The highest BCUT2D eigenvalue weighted by molar-refractivity contribution is 5.78. The quantitative estimate of drug-likeness (QED) is 0.408. The summed E-state index contributed by atoms with van der Waals surface area (Å²) in [4.78, 5) is 26.1. The predicted molar refractivity (Wildman–Crippen MR) is 143 cm³/mol. The number of ether oxygens (including phenoxy) is 3. The van der Waals surface area contributed by atoms with Crippen LogP contribution >= 0.6 is 0 Å². The van der Waals surface area contributed by atoms with E-state index in [1.54, 1.807) is 24.6 Å². The average molecular weight is 529 g/mol. The van der Waals surface area contributed by atoms with Crippen LogP contribution in [0, 0.1) is 11.2 Å². The van der Waals surface area contributed by atoms with Crippen LogP contribution in [-0.2, 0) is 14.3 Å². The van der Waals surface area contributed by atoms with Crippen molar-refractivity contribution in [2.75, 3.05) is 32.9 Å². The van der Waals surface area contributed by atoms with Gasteiger partial charge in [0.15, 0.2) is 17.3 Å². The van der Waals surface area contributed by atoms with Gasteiger partial charge in [0.2, 0.25) is 5.91 Å². The maximum Gasteiger partial charge on any atom is 0.222 e. The number of aliphatic imine (C=N–C) groups is 1. The SMILES string of the molecule is C/C1=C(OCCCC(=O)N2CC3(COC3)C2)/C=C2/N=CC=C=C(Oc3cnc4[nH]ccc4c3F)CC2=C=CC1. The Morgan fingerprint density at radius 2 is 2.18 bits per heavy atom. The second-order valence-corrected chi connectivity index (χ2v) is 10.4. The molecule has 39 heavy (non-hydrogen) atoms. The Morgan fingerprint density at radius 1 is 1.31 bits per heavy atom. The number of carbonyl (C=O) groups is 1. The van der Waals surface area contributed by atoms with E-state index in [9.17, 15) is 9.18 Å². The van der Waals surface area contributed by atoms with Gasteiger partial charge in [-0.15, -0.1) is 5.73 Å². The zero-order valence-corrected chi connectivity index (χ0v) is 21.8. The lowest BCUT2D eigenvalue weighted by atomic mass is 9.78. The number of halogens is 1. The van der Waals surface area contributed by atoms with Crippen LogP contribution in [0.4, 0.5) is 4.39 Å². The first-order valence-corrected chi connectivity index (χ1v) is 13.1. The lowest BCUT2D eigenvalue weighted by Gasteiger charge is -2.55. The van der Waals surface area contributed by atoms with Crippen LogP contribution in [0.5, 0.6) is 5.75 Å². The number of pyridine rings is 1. The van der Waals surface area contributed by atoms with Gasteiger partial charge < -0.3 is 24.1 Å². The highest BCUT2D eigenvalue weighted by atomic mass is 19.1. The number of carbonyl (C=O) groups excluding carboxylic acids is 1. The first-order valence-electron chi connectivity index (χ1n) is 13.1. The van der Waals surface area contributed by atoms with E-state index in [1.165, 1.54) is 6.20 Å². The van der Waals surface area contributed by atoms with Crippen LogP contribution in [-0.4, -0.2) is 59.9 Å². The Morgan fingerprint density at radius 3 is 3.00 bits per heavy atom. The van der Waals surface area contributed by atoms with Crippen molar-refractivity contribution in [1.82, 2.24) is 14.9 Å². The van der Waals surface area contributed by atoms with Crippen LogP contribution < -0.4 is 4.74 Å². The topological polar surface area (TPSA) is 89.0 Å². The highest BCUT2D eigenvalue weighted by Crippen LogP contribution is 2.38. The molecule has 0 bridgehead atoms. The molecule has 9 heteroatoms. The van der Waals surface area contributed by atoms with Crippen molar-refractivity contribution in [3.63, 3.8) is 0 Å². The molecule has 1 N–H and O–H groups in total. The number of H-pyrrole nitrogens is 1. The lowest BCUT2D eigenvalue weighted by molar-refractivity contribution is -0.195. The van der Waals surface area contributed by atoms with Crippen LogP contribution in [0.2, 0.25) is 0 Å². The summed E-state index contributed by atoms with van der Waals surface area (Å²) in [5.41, 5.74) is 9.53. The Hall–Kier alpha value is -4.16. The minimum absolute atomic E-state index is 0.0280. The molecule has 5 heterocycles. The van der Waals surface area contributed by atoms with E-state index in [2.05, 4.69) is 26.4 Å². The second-order valence-electron chi connectivity index (χ2n) is 10.4. The van der Waals surface area contributed by atoms with Gasteiger partial charge in [0.25, 0.3) is 0 Å². The van der Waals surface area contributed by atoms with Crippen molar-refractivity contribution < 1.29 is 23.4 Å². The monoisotopic (exact) mass is 528 g/mol. The number of likely N-dealkylation sites (tertiary alicyclic amines) is 1. The summed E-state index contributed by atoms with van der Waals surface area (Å²) >= 11 is 0. The third kappa shape index (κ3) is 5.25. The Balaban J connectivity index is 1.10. The van der Waals surface area contributed by atoms with Crippen LogP contribution in [0.3, 0.4) is 0 Å². The normalized spacial score (nSPS) is 22.8. The number of amides is 1. The number of hydrogen-bond donors (Lipinski definition) is 1. The summed E-state index contributed by atoms with van der Waals surface area (Å²) in [5, 5.41) is 0.362. The average Bonchev–Trinajstić information content (AvgIpc) is 3.34. The summed E-state index contributed by atoms with van der Waals surface area (Å²) in [6.45, 7) is 5.59. The zero-order valence-electron chi connectivity index (χ0n) is 21.8. The largest absolute Gasteiger partial charge is 0.494 e. The van der Waals surface area contributed by atoms with Gasteiger partial charge in [0.05, 0.1) is 42.5 Å². The molecule has 0 aromatic carbocycles. The summed E-state index contributed by atoms with van der Waals surface area (Å²) in [7, 11) is 0. The van der Waals surface area contributed by atoms with Gasteiger partial charge in [0, 0.05) is 56.1 Å². The molecule has 200 valence electrons. The number of nitrogens with one attached hydrogen (secondary N) is 1. The Labute approximate surface area is 225 Å². The third-order valence-electron chi connectivity index (χ3n) is 7.29. The molecule has 6 rings (SSSR count). The minimum atomic E-state index is -0.484. The van der Waals surface area contributed by atoms with Gasteiger partial charge in [-0.25, -0.2) is 9.37 Å². The maximum absolute atomic E-state index is 14.9. The molecule has 2 fully saturated rings. The fourth-order valence-corrected chi connectivity index (χ4v) is 5.02. The molecule has 0 saturated carbocycles. The Bertz CT molecular complexity index is 1540. The molecule has 0 radical (unpaired) electrons. The number of hydrogen-bond acceptors (Lipinski definition) is 6. The molecular formula is C30H29FN4O4. The number of fused-ring (bicyclic) bond motifs is 2. The fraction of sp³-hybridized carbons (Fsp3) is 0.367. The van der Waals surface area contributed by atoms with Crippen molar-refractivity contribution in [1.29, 1.82) is 0 Å². The molecule has 1 aliphatic carbocycles. The first kappa shape index (κ1) is 25.1. The minimum Gasteiger partial charge on any atom is -0.494 e. The summed E-state index contributed by atoms with van der Waals surface area (Å²) in [5.74, 6) is 0.859. The van der Waals surface area contributed by atoms with Gasteiger partial charge >= 0.3 is 0 Å². The van der Waals surface area contributed by atoms with Crippen molar-refractivity contribution >= 4 is 23.2 Å². The fourth-order valence-electron chi connectivity index (χ4n) is 5.02. The molecule has 1 amide bonds. The molecule has 2 aromatic heterocycles. The van der Waals surface area contributed by atoms with Crippen LogP contribution in [0.15, 0.2) is 81.5 Å². The molecule has 0 unspecified atom stereocenters. The second kappa shape index (κ2) is 10.5. The number of aromatic nitrogens is 2. The van der Waals surface area contributed by atoms with Gasteiger partial charge in [-0.2, -0.15) is 0 Å². The van der Waals surface area contributed by atoms with E-state index in [4.69, 9.17) is 14.2 Å². The summed E-state index contributed by atoms with van der Waals surface area (Å²) in [6.07, 6.45) is 12.1. The number of aromatic amines is 1. The molecular weight excluding hydrogens is 499 g/mol. The molecule has 2 saturated heterocycles. The molecule has 8 nitrogen and oxygen atoms in total. The molecule has 0 atom stereocenters. The first-order chi connectivity index (χ1) is 19.0. The van der Waals surface area contributed by atoms with E-state index < -0.39 is 5.82 Å². The van der Waals surface area contributed by atoms with Crippen LogP contribution in [0.1, 0.15) is 32.6 Å². The third-order valence-corrected chi connectivity index (χ3v) is 7.29. The number of nitrogens with zero attached hydrogens (tertiary/aromatic N) is 3. The van der Waals surface area contributed by atoms with E-state index in [-0.39, 0.29) is 17.1 Å². The number of rotatable bonds is 7. The lowest BCUT2D eigenvalue weighted by Crippen LogP contribution is -2.67. The zero-order chi connectivity index (χ0) is 26.8. The molecule has 1 spiro atoms.